The first kappa shape index (κ1) is 25.2. The minimum Gasteiger partial charge on any atom is -0.493 e. The van der Waals surface area contributed by atoms with E-state index in [9.17, 15) is 8.96 Å². The SMILES string of the molecule is O=P(O)(O)CCCNCc1ccc(OCCCCCc2ccccc2F)c(-c2ccco2)c1. The molecule has 0 fully saturated rings. The van der Waals surface area contributed by atoms with E-state index in [1.165, 1.54) is 6.07 Å². The van der Waals surface area contributed by atoms with E-state index in [0.29, 0.717) is 31.9 Å². The molecule has 3 aromatic rings. The van der Waals surface area contributed by atoms with Crippen LogP contribution < -0.4 is 10.1 Å². The van der Waals surface area contributed by atoms with Gasteiger partial charge in [0.05, 0.1) is 24.6 Å². The third-order valence-electron chi connectivity index (χ3n) is 5.27. The van der Waals surface area contributed by atoms with Gasteiger partial charge in [-0.2, -0.15) is 0 Å². The fourth-order valence-corrected chi connectivity index (χ4v) is 4.13. The molecule has 3 rings (SSSR count). The Balaban J connectivity index is 1.48. The number of hydrogen-bond acceptors (Lipinski definition) is 4. The highest BCUT2D eigenvalue weighted by atomic mass is 31.2. The van der Waals surface area contributed by atoms with Crippen LogP contribution in [0, 0.1) is 5.82 Å². The van der Waals surface area contributed by atoms with E-state index in [0.717, 1.165) is 48.1 Å². The van der Waals surface area contributed by atoms with E-state index in [1.807, 2.05) is 42.5 Å². The molecule has 0 aliphatic heterocycles. The van der Waals surface area contributed by atoms with Crippen LogP contribution in [0.5, 0.6) is 5.75 Å². The van der Waals surface area contributed by atoms with Gasteiger partial charge in [0.15, 0.2) is 0 Å². The van der Waals surface area contributed by atoms with E-state index in [4.69, 9.17) is 18.9 Å². The van der Waals surface area contributed by atoms with Crippen LogP contribution in [-0.4, -0.2) is 29.1 Å². The van der Waals surface area contributed by atoms with Gasteiger partial charge in [-0.25, -0.2) is 4.39 Å². The number of benzene rings is 2. The maximum absolute atomic E-state index is 13.7. The number of halogens is 1. The minimum absolute atomic E-state index is 0.120. The quantitative estimate of drug-likeness (QED) is 0.210. The van der Waals surface area contributed by atoms with Crippen molar-refractivity contribution in [1.82, 2.24) is 5.32 Å². The second-order valence-electron chi connectivity index (χ2n) is 7.98. The zero-order valence-corrected chi connectivity index (χ0v) is 19.5. The number of furan rings is 1. The highest BCUT2D eigenvalue weighted by Crippen LogP contribution is 2.34. The van der Waals surface area contributed by atoms with Crippen molar-refractivity contribution in [3.8, 4) is 17.1 Å². The van der Waals surface area contributed by atoms with E-state index >= 15 is 0 Å². The largest absolute Gasteiger partial charge is 0.493 e. The van der Waals surface area contributed by atoms with Gasteiger partial charge in [0, 0.05) is 6.54 Å². The lowest BCUT2D eigenvalue weighted by Crippen LogP contribution is -2.16. The molecule has 0 spiro atoms. The summed E-state index contributed by atoms with van der Waals surface area (Å²) in [6.07, 6.45) is 5.35. The van der Waals surface area contributed by atoms with Crippen LogP contribution in [0.15, 0.2) is 65.3 Å². The van der Waals surface area contributed by atoms with Crippen LogP contribution in [0.1, 0.15) is 36.8 Å². The maximum Gasteiger partial charge on any atom is 0.325 e. The summed E-state index contributed by atoms with van der Waals surface area (Å²) in [5, 5.41) is 3.21. The predicted molar refractivity (Wildman–Crippen MR) is 127 cm³/mol. The molecule has 0 amide bonds. The molecule has 0 aliphatic carbocycles. The van der Waals surface area contributed by atoms with Gasteiger partial charge in [0.1, 0.15) is 17.3 Å². The van der Waals surface area contributed by atoms with E-state index in [1.54, 1.807) is 12.3 Å². The standard InChI is InChI=1S/C25H31FNO5P/c26-23-10-4-3-9-21(23)8-2-1-5-15-31-25-13-12-20(18-22(25)24-11-6-16-32-24)19-27-14-7-17-33(28,29)30/h3-4,6,9-13,16,18,27H,1-2,5,7-8,14-15,17,19H2,(H2,28,29,30). The molecule has 3 N–H and O–H groups in total. The molecule has 0 bridgehead atoms. The summed E-state index contributed by atoms with van der Waals surface area (Å²) < 4.78 is 36.2. The molecule has 1 heterocycles. The summed E-state index contributed by atoms with van der Waals surface area (Å²) in [6, 6.07) is 16.5. The molecule has 0 radical (unpaired) electrons. The van der Waals surface area contributed by atoms with Crippen molar-refractivity contribution >= 4 is 7.60 Å². The molecule has 0 saturated carbocycles. The number of unbranched alkanes of at least 4 members (excludes halogenated alkanes) is 2. The maximum atomic E-state index is 13.7. The zero-order valence-electron chi connectivity index (χ0n) is 18.6. The van der Waals surface area contributed by atoms with Crippen molar-refractivity contribution in [2.45, 2.75) is 38.6 Å². The average Bonchev–Trinajstić information content (AvgIpc) is 3.31. The highest BCUT2D eigenvalue weighted by molar-refractivity contribution is 7.51. The van der Waals surface area contributed by atoms with E-state index < -0.39 is 7.60 Å². The molecule has 0 atom stereocenters. The van der Waals surface area contributed by atoms with Gasteiger partial charge in [-0.3, -0.25) is 4.57 Å². The molecule has 1 aromatic heterocycles. The van der Waals surface area contributed by atoms with Gasteiger partial charge in [-0.1, -0.05) is 24.3 Å². The lowest BCUT2D eigenvalue weighted by Gasteiger charge is -2.13. The van der Waals surface area contributed by atoms with Crippen molar-refractivity contribution in [1.29, 1.82) is 0 Å². The van der Waals surface area contributed by atoms with Gasteiger partial charge in [-0.15, -0.1) is 0 Å². The molecule has 33 heavy (non-hydrogen) atoms. The Hall–Kier alpha value is -2.44. The summed E-state index contributed by atoms with van der Waals surface area (Å²) >= 11 is 0. The Morgan fingerprint density at radius 1 is 1.00 bits per heavy atom. The summed E-state index contributed by atoms with van der Waals surface area (Å²) in [4.78, 5) is 17.9. The summed E-state index contributed by atoms with van der Waals surface area (Å²) in [6.45, 7) is 1.66. The second kappa shape index (κ2) is 12.7. The molecular weight excluding hydrogens is 444 g/mol. The smallest absolute Gasteiger partial charge is 0.325 e. The molecule has 6 nitrogen and oxygen atoms in total. The lowest BCUT2D eigenvalue weighted by molar-refractivity contribution is 0.305. The summed E-state index contributed by atoms with van der Waals surface area (Å²) in [5.41, 5.74) is 2.64. The number of rotatable bonds is 14. The van der Waals surface area contributed by atoms with Crippen molar-refractivity contribution in [3.05, 3.63) is 77.8 Å². The average molecular weight is 475 g/mol. The Morgan fingerprint density at radius 2 is 1.85 bits per heavy atom. The van der Waals surface area contributed by atoms with Crippen molar-refractivity contribution in [2.24, 2.45) is 0 Å². The highest BCUT2D eigenvalue weighted by Gasteiger charge is 2.12. The van der Waals surface area contributed by atoms with E-state index in [2.05, 4.69) is 5.32 Å². The van der Waals surface area contributed by atoms with Gasteiger partial charge in [-0.05, 0) is 80.1 Å². The first-order valence-corrected chi connectivity index (χ1v) is 13.0. The molecule has 0 unspecified atom stereocenters. The first-order valence-electron chi connectivity index (χ1n) is 11.2. The monoisotopic (exact) mass is 475 g/mol. The van der Waals surface area contributed by atoms with E-state index in [-0.39, 0.29) is 12.0 Å². The fraction of sp³-hybridized carbons (Fsp3) is 0.360. The van der Waals surface area contributed by atoms with Crippen LogP contribution in [-0.2, 0) is 17.5 Å². The normalized spacial score (nSPS) is 11.6. The molecule has 0 saturated heterocycles. The van der Waals surface area contributed by atoms with Crippen molar-refractivity contribution in [2.75, 3.05) is 19.3 Å². The fourth-order valence-electron chi connectivity index (χ4n) is 3.56. The first-order chi connectivity index (χ1) is 15.9. The second-order valence-corrected chi connectivity index (χ2v) is 9.75. The topological polar surface area (TPSA) is 91.9 Å². The lowest BCUT2D eigenvalue weighted by atomic mass is 10.1. The van der Waals surface area contributed by atoms with Crippen molar-refractivity contribution in [3.63, 3.8) is 0 Å². The number of ether oxygens (including phenoxy) is 1. The van der Waals surface area contributed by atoms with Crippen LogP contribution in [0.25, 0.3) is 11.3 Å². The molecular formula is C25H31FNO5P. The molecule has 178 valence electrons. The number of nitrogens with one attached hydrogen (secondary N) is 1. The van der Waals surface area contributed by atoms with Gasteiger partial charge < -0.3 is 24.3 Å². The third kappa shape index (κ3) is 8.78. The Bertz CT molecular complexity index is 1040. The van der Waals surface area contributed by atoms with Crippen LogP contribution >= 0.6 is 7.60 Å². The number of hydrogen-bond donors (Lipinski definition) is 3. The summed E-state index contributed by atoms with van der Waals surface area (Å²) in [5.74, 6) is 1.31. The molecule has 0 aliphatic rings. The van der Waals surface area contributed by atoms with Crippen molar-refractivity contribution < 1.29 is 27.9 Å². The van der Waals surface area contributed by atoms with Crippen LogP contribution in [0.4, 0.5) is 4.39 Å². The Morgan fingerprint density at radius 3 is 2.61 bits per heavy atom. The third-order valence-corrected chi connectivity index (χ3v) is 6.17. The molecule has 2 aromatic carbocycles. The Kier molecular flexibility index (Phi) is 9.70. The minimum atomic E-state index is -3.95. The van der Waals surface area contributed by atoms with Gasteiger partial charge >= 0.3 is 7.60 Å². The molecule has 8 heteroatoms. The predicted octanol–water partition coefficient (Wildman–Crippen LogP) is 5.53. The van der Waals surface area contributed by atoms with Gasteiger partial charge in [0.2, 0.25) is 0 Å². The number of aryl methyl sites for hydroxylation is 1. The summed E-state index contributed by atoms with van der Waals surface area (Å²) in [7, 11) is -3.95. The van der Waals surface area contributed by atoms with Crippen LogP contribution in [0.3, 0.4) is 0 Å². The van der Waals surface area contributed by atoms with Gasteiger partial charge in [0.25, 0.3) is 0 Å². The zero-order chi connectivity index (χ0) is 23.5. The Labute approximate surface area is 194 Å². The van der Waals surface area contributed by atoms with Crippen LogP contribution in [0.2, 0.25) is 0 Å².